The van der Waals surface area contributed by atoms with Crippen LogP contribution in [0.15, 0.2) is 0 Å². The van der Waals surface area contributed by atoms with Crippen molar-refractivity contribution in [3.63, 3.8) is 0 Å². The van der Waals surface area contributed by atoms with Crippen LogP contribution in [0.1, 0.15) is 26.7 Å². The summed E-state index contributed by atoms with van der Waals surface area (Å²) < 4.78 is 68.7. The second kappa shape index (κ2) is 10.6. The van der Waals surface area contributed by atoms with Crippen LogP contribution in [-0.4, -0.2) is 57.2 Å². The molecule has 0 amide bonds. The first-order chi connectivity index (χ1) is 8.67. The van der Waals surface area contributed by atoms with Crippen LogP contribution >= 0.6 is 0 Å². The van der Waals surface area contributed by atoms with Crippen LogP contribution in [0.5, 0.6) is 0 Å². The van der Waals surface area contributed by atoms with Gasteiger partial charge in [-0.05, 0) is 13.8 Å². The van der Waals surface area contributed by atoms with Gasteiger partial charge in [-0.3, -0.25) is 0 Å². The Morgan fingerprint density at radius 2 is 0.857 bits per heavy atom. The summed E-state index contributed by atoms with van der Waals surface area (Å²) in [5.74, 6) is 0. The number of hydrogen-bond donors (Lipinski definition) is 4. The SMILES string of the molecule is CC(O)CC(O)C(F)(F)F.CC(O)CC(O)C(F)(F)F.[Cu]. The van der Waals surface area contributed by atoms with Gasteiger partial charge in [0.2, 0.25) is 0 Å². The molecule has 0 aromatic rings. The van der Waals surface area contributed by atoms with Gasteiger partial charge in [0.05, 0.1) is 12.2 Å². The smallest absolute Gasteiger partial charge is 0.393 e. The van der Waals surface area contributed by atoms with Crippen molar-refractivity contribution in [1.29, 1.82) is 0 Å². The van der Waals surface area contributed by atoms with E-state index in [0.29, 0.717) is 0 Å². The van der Waals surface area contributed by atoms with Crippen LogP contribution in [0.3, 0.4) is 0 Å². The molecule has 0 aromatic carbocycles. The van der Waals surface area contributed by atoms with Crippen LogP contribution in [0.25, 0.3) is 0 Å². The molecule has 0 aliphatic carbocycles. The number of aliphatic hydroxyl groups excluding tert-OH is 4. The second-order valence-electron chi connectivity index (χ2n) is 4.28. The molecule has 135 valence electrons. The Hall–Kier alpha value is -0.0605. The zero-order valence-electron chi connectivity index (χ0n) is 11.1. The molecule has 0 rings (SSSR count). The maximum atomic E-state index is 11.4. The third-order valence-electron chi connectivity index (χ3n) is 1.88. The van der Waals surface area contributed by atoms with E-state index in [-0.39, 0.29) is 17.1 Å². The molecule has 4 atom stereocenters. The van der Waals surface area contributed by atoms with E-state index >= 15 is 0 Å². The van der Waals surface area contributed by atoms with Gasteiger partial charge in [-0.1, -0.05) is 0 Å². The molecule has 0 aliphatic rings. The van der Waals surface area contributed by atoms with E-state index in [2.05, 4.69) is 0 Å². The average Bonchev–Trinajstić information content (AvgIpc) is 2.13. The van der Waals surface area contributed by atoms with Crippen molar-refractivity contribution in [2.75, 3.05) is 0 Å². The second-order valence-corrected chi connectivity index (χ2v) is 4.28. The normalized spacial score (nSPS) is 17.7. The van der Waals surface area contributed by atoms with Crippen LogP contribution in [0.4, 0.5) is 26.3 Å². The number of alkyl halides is 6. The summed E-state index contributed by atoms with van der Waals surface area (Å²) in [7, 11) is 0. The summed E-state index contributed by atoms with van der Waals surface area (Å²) in [5, 5.41) is 33.4. The van der Waals surface area contributed by atoms with Crippen molar-refractivity contribution >= 4 is 0 Å². The Bertz CT molecular complexity index is 231. The topological polar surface area (TPSA) is 80.9 Å². The van der Waals surface area contributed by atoms with E-state index in [1.54, 1.807) is 0 Å². The molecule has 11 heteroatoms. The Balaban J connectivity index is -0.000000295. The molecule has 0 fully saturated rings. The van der Waals surface area contributed by atoms with Gasteiger partial charge in [-0.25, -0.2) is 0 Å². The quantitative estimate of drug-likeness (QED) is 0.439. The number of rotatable bonds is 4. The molecule has 0 spiro atoms. The maximum Gasteiger partial charge on any atom is 0.414 e. The third kappa shape index (κ3) is 16.1. The number of aliphatic hydroxyl groups is 4. The van der Waals surface area contributed by atoms with Crippen LogP contribution in [-0.2, 0) is 17.1 Å². The standard InChI is InChI=1S/2C5H9F3O2.Cu/c2*1-3(9)2-4(10)5(6,7)8;/h2*3-4,9-10H,2H2,1H3;. The summed E-state index contributed by atoms with van der Waals surface area (Å²) in [6, 6.07) is 0. The first-order valence-corrected chi connectivity index (χ1v) is 5.53. The van der Waals surface area contributed by atoms with Crippen molar-refractivity contribution in [2.24, 2.45) is 0 Å². The van der Waals surface area contributed by atoms with Crippen molar-refractivity contribution in [3.05, 3.63) is 0 Å². The molecule has 1 radical (unpaired) electrons. The fraction of sp³-hybridized carbons (Fsp3) is 1.00. The molecule has 0 saturated carbocycles. The van der Waals surface area contributed by atoms with Gasteiger partial charge in [-0.2, -0.15) is 26.3 Å². The molecule has 0 bridgehead atoms. The van der Waals surface area contributed by atoms with Crippen molar-refractivity contribution in [2.45, 2.75) is 63.5 Å². The average molecular weight is 380 g/mol. The molecule has 4 unspecified atom stereocenters. The molecular formula is C10H18CuF6O4. The minimum atomic E-state index is -4.61. The van der Waals surface area contributed by atoms with Gasteiger partial charge in [-0.15, -0.1) is 0 Å². The Kier molecular flexibility index (Phi) is 13.1. The summed E-state index contributed by atoms with van der Waals surface area (Å²) in [6.45, 7) is 2.38. The van der Waals surface area contributed by atoms with E-state index in [1.807, 2.05) is 0 Å². The van der Waals surface area contributed by atoms with Gasteiger partial charge in [0.25, 0.3) is 0 Å². The maximum absolute atomic E-state index is 11.4. The van der Waals surface area contributed by atoms with Gasteiger partial charge >= 0.3 is 12.4 Å². The molecule has 0 aromatic heterocycles. The monoisotopic (exact) mass is 379 g/mol. The summed E-state index contributed by atoms with van der Waals surface area (Å²) in [5.41, 5.74) is 0. The van der Waals surface area contributed by atoms with E-state index in [1.165, 1.54) is 13.8 Å². The zero-order chi connectivity index (χ0) is 16.7. The van der Waals surface area contributed by atoms with E-state index in [9.17, 15) is 26.3 Å². The molecule has 0 saturated heterocycles. The molecular weight excluding hydrogens is 362 g/mol. The predicted octanol–water partition coefficient (Wildman–Crippen LogP) is 1.36. The molecule has 0 heterocycles. The van der Waals surface area contributed by atoms with Crippen molar-refractivity contribution < 1.29 is 63.8 Å². The van der Waals surface area contributed by atoms with Gasteiger partial charge < -0.3 is 20.4 Å². The number of halogens is 6. The summed E-state index contributed by atoms with van der Waals surface area (Å²) >= 11 is 0. The Morgan fingerprint density at radius 3 is 0.905 bits per heavy atom. The number of hydrogen-bond acceptors (Lipinski definition) is 4. The van der Waals surface area contributed by atoms with Crippen molar-refractivity contribution in [1.82, 2.24) is 0 Å². The first kappa shape index (κ1) is 25.9. The van der Waals surface area contributed by atoms with Crippen LogP contribution < -0.4 is 0 Å². The molecule has 4 nitrogen and oxygen atoms in total. The minimum absolute atomic E-state index is 0. The zero-order valence-corrected chi connectivity index (χ0v) is 12.0. The Labute approximate surface area is 128 Å². The Morgan fingerprint density at radius 1 is 0.667 bits per heavy atom. The molecule has 4 N–H and O–H groups in total. The van der Waals surface area contributed by atoms with Crippen LogP contribution in [0, 0.1) is 0 Å². The van der Waals surface area contributed by atoms with E-state index < -0.39 is 49.6 Å². The fourth-order valence-electron chi connectivity index (χ4n) is 0.913. The molecule has 0 aliphatic heterocycles. The van der Waals surface area contributed by atoms with Gasteiger partial charge in [0, 0.05) is 29.9 Å². The van der Waals surface area contributed by atoms with Crippen LogP contribution in [0.2, 0.25) is 0 Å². The largest absolute Gasteiger partial charge is 0.414 e. The fourth-order valence-corrected chi connectivity index (χ4v) is 0.913. The predicted molar refractivity (Wildman–Crippen MR) is 56.7 cm³/mol. The van der Waals surface area contributed by atoms with Gasteiger partial charge in [0.1, 0.15) is 0 Å². The van der Waals surface area contributed by atoms with Crippen molar-refractivity contribution in [3.8, 4) is 0 Å². The first-order valence-electron chi connectivity index (χ1n) is 5.53. The van der Waals surface area contributed by atoms with E-state index in [0.717, 1.165) is 0 Å². The van der Waals surface area contributed by atoms with E-state index in [4.69, 9.17) is 20.4 Å². The summed E-state index contributed by atoms with van der Waals surface area (Å²) in [4.78, 5) is 0. The summed E-state index contributed by atoms with van der Waals surface area (Å²) in [6.07, 6.45) is -17.6. The van der Waals surface area contributed by atoms with Gasteiger partial charge in [0.15, 0.2) is 12.2 Å². The molecule has 21 heavy (non-hydrogen) atoms. The minimum Gasteiger partial charge on any atom is -0.393 e. The third-order valence-corrected chi connectivity index (χ3v) is 1.88.